The summed E-state index contributed by atoms with van der Waals surface area (Å²) in [6, 6.07) is 23.6. The van der Waals surface area contributed by atoms with Crippen LogP contribution >= 0.6 is 22.6 Å². The number of halogens is 1. The van der Waals surface area contributed by atoms with E-state index in [2.05, 4.69) is 34.7 Å². The first-order valence-corrected chi connectivity index (χ1v) is 10.9. The number of aryl methyl sites for hydroxylation is 1. The average molecular weight is 520 g/mol. The van der Waals surface area contributed by atoms with Crippen LogP contribution in [0, 0.1) is 33.2 Å². The Balaban J connectivity index is 1.94. The van der Waals surface area contributed by atoms with Crippen molar-refractivity contribution in [2.45, 2.75) is 20.5 Å². The van der Waals surface area contributed by atoms with Crippen LogP contribution < -0.4 is 9.47 Å². The van der Waals surface area contributed by atoms with Crippen molar-refractivity contribution >= 4 is 34.2 Å². The smallest absolute Gasteiger partial charge is 0.175 e. The van der Waals surface area contributed by atoms with Crippen LogP contribution in [0.1, 0.15) is 34.7 Å². The second-order valence-electron chi connectivity index (χ2n) is 6.86. The number of nitriles is 2. The molecule has 0 atom stereocenters. The van der Waals surface area contributed by atoms with E-state index in [0.717, 1.165) is 25.8 Å². The zero-order valence-electron chi connectivity index (χ0n) is 17.4. The van der Waals surface area contributed by atoms with E-state index < -0.39 is 0 Å². The Morgan fingerprint density at radius 2 is 1.77 bits per heavy atom. The molecule has 4 nitrogen and oxygen atoms in total. The first-order valence-electron chi connectivity index (χ1n) is 9.81. The third-order valence-electron chi connectivity index (χ3n) is 4.64. The highest BCUT2D eigenvalue weighted by Crippen LogP contribution is 2.36. The third-order valence-corrected chi connectivity index (χ3v) is 5.44. The highest BCUT2D eigenvalue weighted by molar-refractivity contribution is 14.1. The lowest BCUT2D eigenvalue weighted by Gasteiger charge is -2.15. The van der Waals surface area contributed by atoms with Crippen molar-refractivity contribution in [1.29, 1.82) is 10.5 Å². The van der Waals surface area contributed by atoms with Gasteiger partial charge in [0.25, 0.3) is 0 Å². The monoisotopic (exact) mass is 520 g/mol. The molecule has 0 aliphatic carbocycles. The topological polar surface area (TPSA) is 66.0 Å². The number of ether oxygens (including phenoxy) is 2. The molecule has 0 heterocycles. The molecule has 0 amide bonds. The summed E-state index contributed by atoms with van der Waals surface area (Å²) in [6.45, 7) is 4.68. The lowest BCUT2D eigenvalue weighted by molar-refractivity contribution is 0.267. The lowest BCUT2D eigenvalue weighted by atomic mass is 10.0. The SMILES string of the molecule is CCOc1cc(/C=C(/C#N)c2ccc(C)cc2)cc(I)c1OCc1ccccc1C#N. The second kappa shape index (κ2) is 10.7. The minimum atomic E-state index is 0.266. The first-order chi connectivity index (χ1) is 15.0. The lowest BCUT2D eigenvalue weighted by Crippen LogP contribution is -2.03. The molecule has 154 valence electrons. The average Bonchev–Trinajstić information content (AvgIpc) is 2.78. The molecule has 0 aliphatic rings. The van der Waals surface area contributed by atoms with E-state index >= 15 is 0 Å². The van der Waals surface area contributed by atoms with Gasteiger partial charge in [0, 0.05) is 5.56 Å². The van der Waals surface area contributed by atoms with E-state index in [4.69, 9.17) is 9.47 Å². The maximum absolute atomic E-state index is 9.66. The van der Waals surface area contributed by atoms with E-state index in [9.17, 15) is 10.5 Å². The zero-order chi connectivity index (χ0) is 22.2. The number of benzene rings is 3. The minimum Gasteiger partial charge on any atom is -0.490 e. The molecule has 5 heteroatoms. The number of hydrogen-bond donors (Lipinski definition) is 0. The fourth-order valence-electron chi connectivity index (χ4n) is 3.06. The maximum Gasteiger partial charge on any atom is 0.175 e. The van der Waals surface area contributed by atoms with Crippen LogP contribution in [0.2, 0.25) is 0 Å². The van der Waals surface area contributed by atoms with E-state index in [1.807, 2.05) is 74.5 Å². The van der Waals surface area contributed by atoms with Gasteiger partial charge >= 0.3 is 0 Å². The molecule has 0 radical (unpaired) electrons. The highest BCUT2D eigenvalue weighted by atomic mass is 127. The van der Waals surface area contributed by atoms with Crippen molar-refractivity contribution in [1.82, 2.24) is 0 Å². The summed E-state index contributed by atoms with van der Waals surface area (Å²) in [5, 5.41) is 19.0. The van der Waals surface area contributed by atoms with Gasteiger partial charge in [-0.25, -0.2) is 0 Å². The number of rotatable bonds is 7. The van der Waals surface area contributed by atoms with E-state index in [0.29, 0.717) is 29.2 Å². The Kier molecular flexibility index (Phi) is 7.70. The van der Waals surface area contributed by atoms with Crippen LogP contribution in [0.5, 0.6) is 11.5 Å². The predicted molar refractivity (Wildman–Crippen MR) is 130 cm³/mol. The van der Waals surface area contributed by atoms with Crippen molar-refractivity contribution in [3.8, 4) is 23.6 Å². The van der Waals surface area contributed by atoms with Crippen molar-refractivity contribution < 1.29 is 9.47 Å². The van der Waals surface area contributed by atoms with Crippen LogP contribution in [-0.4, -0.2) is 6.61 Å². The fraction of sp³-hybridized carbons (Fsp3) is 0.154. The first kappa shape index (κ1) is 22.4. The summed E-state index contributed by atoms with van der Waals surface area (Å²) in [5.74, 6) is 1.23. The molecule has 0 aromatic heterocycles. The molecule has 0 spiro atoms. The molecule has 0 saturated carbocycles. The zero-order valence-corrected chi connectivity index (χ0v) is 19.5. The highest BCUT2D eigenvalue weighted by Gasteiger charge is 2.14. The van der Waals surface area contributed by atoms with Crippen molar-refractivity contribution in [2.75, 3.05) is 6.61 Å². The second-order valence-corrected chi connectivity index (χ2v) is 8.02. The summed E-state index contributed by atoms with van der Waals surface area (Å²) in [5.41, 5.74) is 4.86. The van der Waals surface area contributed by atoms with Crippen LogP contribution in [0.3, 0.4) is 0 Å². The van der Waals surface area contributed by atoms with Gasteiger partial charge < -0.3 is 9.47 Å². The molecule has 0 bridgehead atoms. The van der Waals surface area contributed by atoms with Gasteiger partial charge in [-0.3, -0.25) is 0 Å². The van der Waals surface area contributed by atoms with Crippen LogP contribution in [0.4, 0.5) is 0 Å². The van der Waals surface area contributed by atoms with E-state index in [1.54, 1.807) is 6.07 Å². The van der Waals surface area contributed by atoms with Gasteiger partial charge in [0.1, 0.15) is 6.61 Å². The third kappa shape index (κ3) is 5.65. The van der Waals surface area contributed by atoms with E-state index in [-0.39, 0.29) is 6.61 Å². The number of nitrogens with zero attached hydrogens (tertiary/aromatic N) is 2. The Hall–Kier alpha value is -3.29. The van der Waals surface area contributed by atoms with Gasteiger partial charge in [0.15, 0.2) is 11.5 Å². The van der Waals surface area contributed by atoms with Crippen molar-refractivity contribution in [3.63, 3.8) is 0 Å². The molecule has 3 aromatic carbocycles. The summed E-state index contributed by atoms with van der Waals surface area (Å²) in [7, 11) is 0. The van der Waals surface area contributed by atoms with Crippen molar-refractivity contribution in [2.24, 2.45) is 0 Å². The quantitative estimate of drug-likeness (QED) is 0.202. The Morgan fingerprint density at radius 3 is 2.45 bits per heavy atom. The summed E-state index contributed by atoms with van der Waals surface area (Å²) in [6.07, 6.45) is 1.85. The standard InChI is InChI=1S/C26H21IN2O2/c1-3-30-25-14-19(12-23(16-29)20-10-8-18(2)9-11-20)13-24(27)26(25)31-17-22-7-5-4-6-21(22)15-28/h4-14H,3,17H2,1-2H3/b23-12-. The van der Waals surface area contributed by atoms with Gasteiger partial charge in [0.05, 0.1) is 33.5 Å². The molecular formula is C26H21IN2O2. The fourth-order valence-corrected chi connectivity index (χ4v) is 3.84. The summed E-state index contributed by atoms with van der Waals surface area (Å²) < 4.78 is 12.8. The Labute approximate surface area is 196 Å². The van der Waals surface area contributed by atoms with Gasteiger partial charge in [-0.15, -0.1) is 0 Å². The van der Waals surface area contributed by atoms with Gasteiger partial charge in [-0.2, -0.15) is 10.5 Å². The molecule has 31 heavy (non-hydrogen) atoms. The van der Waals surface area contributed by atoms with Gasteiger partial charge in [-0.05, 0) is 71.8 Å². The summed E-state index contributed by atoms with van der Waals surface area (Å²) >= 11 is 2.21. The Morgan fingerprint density at radius 1 is 1.03 bits per heavy atom. The molecule has 3 rings (SSSR count). The van der Waals surface area contributed by atoms with Gasteiger partial charge in [-0.1, -0.05) is 48.0 Å². The molecule has 0 unspecified atom stereocenters. The molecule has 0 aliphatic heterocycles. The van der Waals surface area contributed by atoms with Crippen LogP contribution in [0.15, 0.2) is 60.7 Å². The number of allylic oxidation sites excluding steroid dienone is 1. The van der Waals surface area contributed by atoms with Crippen molar-refractivity contribution in [3.05, 3.63) is 92.1 Å². The largest absolute Gasteiger partial charge is 0.490 e. The van der Waals surface area contributed by atoms with Crippen LogP contribution in [0.25, 0.3) is 11.6 Å². The molecule has 0 fully saturated rings. The predicted octanol–water partition coefficient (Wildman–Crippen LogP) is 6.51. The Bertz CT molecular complexity index is 1190. The normalized spacial score (nSPS) is 10.8. The molecule has 0 saturated heterocycles. The molecule has 3 aromatic rings. The molecule has 0 N–H and O–H groups in total. The summed E-state index contributed by atoms with van der Waals surface area (Å²) in [4.78, 5) is 0. The number of hydrogen-bond acceptors (Lipinski definition) is 4. The minimum absolute atomic E-state index is 0.266. The van der Waals surface area contributed by atoms with Crippen LogP contribution in [-0.2, 0) is 6.61 Å². The van der Waals surface area contributed by atoms with Gasteiger partial charge in [0.2, 0.25) is 0 Å². The molecular weight excluding hydrogens is 499 g/mol. The van der Waals surface area contributed by atoms with E-state index in [1.165, 1.54) is 0 Å². The maximum atomic E-state index is 9.66.